The van der Waals surface area contributed by atoms with Crippen LogP contribution in [0.3, 0.4) is 0 Å². The summed E-state index contributed by atoms with van der Waals surface area (Å²) in [5.74, 6) is 1.40. The molecule has 3 heterocycles. The van der Waals surface area contributed by atoms with Crippen molar-refractivity contribution < 1.29 is 25.8 Å². The minimum Gasteiger partial charge on any atom is -0.421 e. The number of benzene rings is 5. The summed E-state index contributed by atoms with van der Waals surface area (Å²) in [5.41, 5.74) is 12.9. The molecule has 47 heavy (non-hydrogen) atoms. The zero-order valence-corrected chi connectivity index (χ0v) is 27.3. The van der Waals surface area contributed by atoms with Gasteiger partial charge in [0.05, 0.1) is 5.52 Å². The zero-order valence-electron chi connectivity index (χ0n) is 25.0. The fourth-order valence-electron chi connectivity index (χ4n) is 7.62. The maximum absolute atomic E-state index is 6.33. The minimum absolute atomic E-state index is 0. The number of rotatable bonds is 4. The number of hydrogen-bond donors (Lipinski definition) is 0. The van der Waals surface area contributed by atoms with E-state index in [9.17, 15) is 0 Å². The summed E-state index contributed by atoms with van der Waals surface area (Å²) >= 11 is 0. The molecule has 0 fully saturated rings. The number of fused-ring (bicyclic) bond motifs is 3. The first kappa shape index (κ1) is 28.0. The second-order valence-electron chi connectivity index (χ2n) is 12.0. The first-order valence-corrected chi connectivity index (χ1v) is 15.6. The fraction of sp³-hybridized carbons (Fsp3) is 0.0476. The Labute approximate surface area is 286 Å². The molecule has 0 unspecified atom stereocenters. The summed E-state index contributed by atoms with van der Waals surface area (Å²) in [7, 11) is 0. The minimum atomic E-state index is 0. The van der Waals surface area contributed by atoms with Crippen LogP contribution in [-0.2, 0) is 21.1 Å². The molecule has 0 saturated heterocycles. The molecule has 3 aromatic heterocycles. The van der Waals surface area contributed by atoms with E-state index >= 15 is 0 Å². The van der Waals surface area contributed by atoms with Crippen LogP contribution in [0.2, 0.25) is 0 Å². The molecular weight excluding hydrogens is 758 g/mol. The van der Waals surface area contributed by atoms with E-state index in [-0.39, 0.29) is 32.9 Å². The summed E-state index contributed by atoms with van der Waals surface area (Å²) in [5, 5.41) is 2.19. The molecule has 0 amide bonds. The molecule has 4 nitrogen and oxygen atoms in total. The van der Waals surface area contributed by atoms with Crippen LogP contribution in [-0.4, -0.2) is 14.5 Å². The van der Waals surface area contributed by atoms with Gasteiger partial charge in [-0.3, -0.25) is 4.98 Å². The number of ether oxygens (including phenoxy) is 1. The quantitative estimate of drug-likeness (QED) is 0.167. The second kappa shape index (κ2) is 10.9. The Morgan fingerprint density at radius 1 is 0.553 bits per heavy atom. The Bertz CT molecular complexity index is 2440. The van der Waals surface area contributed by atoms with Crippen molar-refractivity contribution in [3.05, 3.63) is 185 Å². The van der Waals surface area contributed by atoms with Gasteiger partial charge in [-0.15, -0.1) is 41.0 Å². The topological polar surface area (TPSA) is 39.9 Å². The van der Waals surface area contributed by atoms with Gasteiger partial charge in [0, 0.05) is 28.7 Å². The van der Waals surface area contributed by atoms with Gasteiger partial charge in [-0.1, -0.05) is 84.6 Å². The van der Waals surface area contributed by atoms with Gasteiger partial charge in [0.25, 0.3) is 0 Å². The molecule has 3 aliphatic rings. The zero-order chi connectivity index (χ0) is 30.2. The molecule has 0 aliphatic heterocycles. The predicted molar refractivity (Wildman–Crippen MR) is 181 cm³/mol. The Kier molecular flexibility index (Phi) is 6.48. The van der Waals surface area contributed by atoms with Gasteiger partial charge in [-0.2, -0.15) is 29.2 Å². The molecule has 0 radical (unpaired) electrons. The molecule has 0 atom stereocenters. The van der Waals surface area contributed by atoms with E-state index in [0.29, 0.717) is 11.8 Å². The maximum atomic E-state index is 6.33. The van der Waals surface area contributed by atoms with E-state index < -0.39 is 0 Å². The second-order valence-corrected chi connectivity index (χ2v) is 12.0. The van der Waals surface area contributed by atoms with Gasteiger partial charge in [-0.05, 0) is 46.1 Å². The molecule has 0 N–H and O–H groups in total. The van der Waals surface area contributed by atoms with Crippen molar-refractivity contribution in [2.75, 3.05) is 0 Å². The van der Waals surface area contributed by atoms with Crippen molar-refractivity contribution in [1.29, 1.82) is 0 Å². The van der Waals surface area contributed by atoms with Crippen LogP contribution < -0.4 is 4.74 Å². The van der Waals surface area contributed by atoms with Crippen molar-refractivity contribution in [3.8, 4) is 28.7 Å². The number of aromatic nitrogens is 3. The van der Waals surface area contributed by atoms with E-state index in [4.69, 9.17) is 14.7 Å². The van der Waals surface area contributed by atoms with Crippen LogP contribution in [0.4, 0.5) is 0 Å². The van der Waals surface area contributed by atoms with E-state index in [1.54, 1.807) is 0 Å². The Morgan fingerprint density at radius 3 is 1.98 bits per heavy atom. The Hall–Kier alpha value is -5.31. The van der Waals surface area contributed by atoms with Crippen molar-refractivity contribution >= 4 is 21.9 Å². The van der Waals surface area contributed by atoms with Gasteiger partial charge in [0.2, 0.25) is 11.8 Å². The molecule has 0 spiro atoms. The number of hydrogen-bond acceptors (Lipinski definition) is 3. The molecule has 0 saturated carbocycles. The number of para-hydroxylation sites is 2. The van der Waals surface area contributed by atoms with Crippen LogP contribution in [0.1, 0.15) is 45.2 Å². The molecule has 3 aliphatic carbocycles. The summed E-state index contributed by atoms with van der Waals surface area (Å²) in [6.45, 7) is 0. The molecule has 5 aromatic carbocycles. The summed E-state index contributed by atoms with van der Waals surface area (Å²) < 4.78 is 8.46. The van der Waals surface area contributed by atoms with Gasteiger partial charge in [0.15, 0.2) is 0 Å². The SMILES string of the molecule is [Pt+2].[c-]1cc2c(cc1-c1cccc(Oc3ccc4c5ccccc5n(-c5[c-]cccc5)c4n3)n1)C1c3ccccc3C2c2ccccc21. The molecule has 2 bridgehead atoms. The monoisotopic (exact) mass is 782 g/mol. The molecular formula is C42H25N3OPt. The van der Waals surface area contributed by atoms with E-state index in [1.807, 2.05) is 54.6 Å². The van der Waals surface area contributed by atoms with Crippen LogP contribution in [0.25, 0.3) is 38.9 Å². The van der Waals surface area contributed by atoms with Crippen molar-refractivity contribution in [1.82, 2.24) is 14.5 Å². The van der Waals surface area contributed by atoms with E-state index in [1.165, 1.54) is 33.4 Å². The van der Waals surface area contributed by atoms with Crippen LogP contribution in [0, 0.1) is 12.1 Å². The third kappa shape index (κ3) is 4.25. The first-order chi connectivity index (χ1) is 22.8. The molecule has 8 aromatic rings. The van der Waals surface area contributed by atoms with Crippen LogP contribution >= 0.6 is 0 Å². The van der Waals surface area contributed by atoms with Crippen LogP contribution in [0.15, 0.2) is 140 Å². The number of pyridine rings is 2. The molecule has 11 rings (SSSR count). The van der Waals surface area contributed by atoms with Crippen molar-refractivity contribution in [3.63, 3.8) is 0 Å². The normalized spacial score (nSPS) is 15.5. The molecule has 224 valence electrons. The maximum Gasteiger partial charge on any atom is 2.00 e. The smallest absolute Gasteiger partial charge is 0.421 e. The summed E-state index contributed by atoms with van der Waals surface area (Å²) in [4.78, 5) is 9.92. The van der Waals surface area contributed by atoms with Gasteiger partial charge in [-0.25, -0.2) is 0 Å². The summed E-state index contributed by atoms with van der Waals surface area (Å²) in [6, 6.07) is 55.3. The third-order valence-electron chi connectivity index (χ3n) is 9.51. The van der Waals surface area contributed by atoms with Gasteiger partial charge < -0.3 is 9.30 Å². The average molecular weight is 783 g/mol. The van der Waals surface area contributed by atoms with Crippen molar-refractivity contribution in [2.45, 2.75) is 11.8 Å². The Balaban J connectivity index is 0.00000302. The first-order valence-electron chi connectivity index (χ1n) is 15.6. The van der Waals surface area contributed by atoms with E-state index in [0.717, 1.165) is 38.9 Å². The van der Waals surface area contributed by atoms with Gasteiger partial charge >= 0.3 is 21.1 Å². The van der Waals surface area contributed by atoms with Crippen molar-refractivity contribution in [2.24, 2.45) is 0 Å². The van der Waals surface area contributed by atoms with Gasteiger partial charge in [0.1, 0.15) is 5.65 Å². The average Bonchev–Trinajstić information content (AvgIpc) is 3.45. The molecule has 5 heteroatoms. The summed E-state index contributed by atoms with van der Waals surface area (Å²) in [6.07, 6.45) is 0. The largest absolute Gasteiger partial charge is 2.00 e. The van der Waals surface area contributed by atoms with Crippen LogP contribution in [0.5, 0.6) is 11.8 Å². The Morgan fingerprint density at radius 2 is 1.23 bits per heavy atom. The van der Waals surface area contributed by atoms with E-state index in [2.05, 4.69) is 102 Å². The third-order valence-corrected chi connectivity index (χ3v) is 9.51. The standard InChI is InChI=1S/C42H25N3O.Pt/c1-2-11-27(12-3-1)45-37-19-9-8-13-28(37)34-23-24-39(44-42(34)45)46-38-20-10-18-36(43-38)26-21-22-33-35(25-26)41-31-16-6-4-14-29(31)40(33)30-15-5-7-17-32(30)41;/h1-11,13-20,22-25,40-41H;/q-2;+2. The fourth-order valence-corrected chi connectivity index (χ4v) is 7.62. The number of nitrogens with zero attached hydrogens (tertiary/aromatic N) is 3. The predicted octanol–water partition coefficient (Wildman–Crippen LogP) is 9.62.